The zero-order chi connectivity index (χ0) is 18.5. The maximum absolute atomic E-state index is 12.3. The molecule has 0 fully saturated rings. The first-order chi connectivity index (χ1) is 12.6. The molecular formula is C17H15BrN2O5S. The number of aromatic nitrogens is 2. The minimum Gasteiger partial charge on any atom is -0.493 e. The lowest BCUT2D eigenvalue weighted by Gasteiger charge is -2.12. The number of nitrogens with zero attached hydrogens (tertiary/aromatic N) is 2. The number of hydrogen-bond donors (Lipinski definition) is 0. The van der Waals surface area contributed by atoms with Gasteiger partial charge in [0.2, 0.25) is 5.82 Å². The average Bonchev–Trinajstić information content (AvgIpc) is 3.32. The first-order valence-corrected chi connectivity index (χ1v) is 9.33. The number of hydrogen-bond acceptors (Lipinski definition) is 8. The normalized spacial score (nSPS) is 10.6. The van der Waals surface area contributed by atoms with Crippen LogP contribution in [0.2, 0.25) is 0 Å². The molecule has 3 aromatic rings. The fourth-order valence-electron chi connectivity index (χ4n) is 2.15. The number of benzene rings is 1. The van der Waals surface area contributed by atoms with Gasteiger partial charge < -0.3 is 18.7 Å². The second-order valence-electron chi connectivity index (χ2n) is 4.99. The summed E-state index contributed by atoms with van der Waals surface area (Å²) < 4.78 is 21.7. The lowest BCUT2D eigenvalue weighted by molar-refractivity contribution is 0.0429. The molecule has 1 aromatic carbocycles. The Morgan fingerprint density at radius 2 is 2.23 bits per heavy atom. The van der Waals surface area contributed by atoms with Gasteiger partial charge in [-0.1, -0.05) is 11.2 Å². The Hall–Kier alpha value is -2.39. The van der Waals surface area contributed by atoms with Crippen LogP contribution < -0.4 is 9.47 Å². The monoisotopic (exact) mass is 438 g/mol. The minimum atomic E-state index is -0.539. The third-order valence-electron chi connectivity index (χ3n) is 3.29. The molecule has 2 heterocycles. The molecule has 136 valence electrons. The van der Waals surface area contributed by atoms with Crippen molar-refractivity contribution in [2.75, 3.05) is 13.7 Å². The number of ether oxygens (including phenoxy) is 3. The van der Waals surface area contributed by atoms with Gasteiger partial charge in [-0.05, 0) is 46.4 Å². The first-order valence-electron chi connectivity index (χ1n) is 7.66. The van der Waals surface area contributed by atoms with Crippen molar-refractivity contribution in [3.05, 3.63) is 45.6 Å². The van der Waals surface area contributed by atoms with Gasteiger partial charge in [-0.15, -0.1) is 11.3 Å². The molecule has 0 aliphatic carbocycles. The van der Waals surface area contributed by atoms with E-state index in [1.54, 1.807) is 12.1 Å². The maximum atomic E-state index is 12.3. The van der Waals surface area contributed by atoms with E-state index in [0.717, 1.165) is 4.88 Å². The zero-order valence-corrected chi connectivity index (χ0v) is 16.4. The van der Waals surface area contributed by atoms with E-state index in [-0.39, 0.29) is 12.5 Å². The molecule has 26 heavy (non-hydrogen) atoms. The zero-order valence-electron chi connectivity index (χ0n) is 14.0. The van der Waals surface area contributed by atoms with E-state index in [2.05, 4.69) is 26.1 Å². The molecule has 0 aliphatic heterocycles. The summed E-state index contributed by atoms with van der Waals surface area (Å²) in [6.45, 7) is 2.22. The molecule has 0 bridgehead atoms. The summed E-state index contributed by atoms with van der Waals surface area (Å²) in [6, 6.07) is 6.95. The Kier molecular flexibility index (Phi) is 5.89. The summed E-state index contributed by atoms with van der Waals surface area (Å²) in [5.41, 5.74) is 0.315. The Balaban J connectivity index is 1.69. The van der Waals surface area contributed by atoms with E-state index in [9.17, 15) is 4.79 Å². The molecule has 0 N–H and O–H groups in total. The van der Waals surface area contributed by atoms with Crippen molar-refractivity contribution in [1.29, 1.82) is 0 Å². The molecule has 7 nitrogen and oxygen atoms in total. The van der Waals surface area contributed by atoms with E-state index in [1.165, 1.54) is 18.4 Å². The number of carbonyl (C=O) groups excluding carboxylic acids is 1. The predicted molar refractivity (Wildman–Crippen MR) is 98.6 cm³/mol. The Labute approximate surface area is 162 Å². The fourth-order valence-corrected chi connectivity index (χ4v) is 3.36. The van der Waals surface area contributed by atoms with E-state index >= 15 is 0 Å². The van der Waals surface area contributed by atoms with Crippen molar-refractivity contribution in [3.63, 3.8) is 0 Å². The van der Waals surface area contributed by atoms with E-state index < -0.39 is 5.97 Å². The minimum absolute atomic E-state index is 0.121. The van der Waals surface area contributed by atoms with Gasteiger partial charge in [0.15, 0.2) is 18.1 Å². The molecule has 2 aromatic heterocycles. The van der Waals surface area contributed by atoms with Crippen LogP contribution >= 0.6 is 27.3 Å². The molecule has 0 saturated carbocycles. The highest BCUT2D eigenvalue weighted by atomic mass is 79.9. The predicted octanol–water partition coefficient (Wildman–Crippen LogP) is 4.32. The van der Waals surface area contributed by atoms with Crippen molar-refractivity contribution < 1.29 is 23.5 Å². The molecule has 0 radical (unpaired) electrons. The molecule has 0 aliphatic rings. The van der Waals surface area contributed by atoms with Gasteiger partial charge in [-0.25, -0.2) is 4.79 Å². The van der Waals surface area contributed by atoms with Crippen LogP contribution in [0.3, 0.4) is 0 Å². The van der Waals surface area contributed by atoms with Crippen molar-refractivity contribution >= 4 is 33.2 Å². The highest BCUT2D eigenvalue weighted by Gasteiger charge is 2.18. The van der Waals surface area contributed by atoms with Crippen molar-refractivity contribution in [3.8, 4) is 22.2 Å². The van der Waals surface area contributed by atoms with Gasteiger partial charge in [0.1, 0.15) is 0 Å². The quantitative estimate of drug-likeness (QED) is 0.507. The fraction of sp³-hybridized carbons (Fsp3) is 0.235. The van der Waals surface area contributed by atoms with Crippen LogP contribution in [0.4, 0.5) is 0 Å². The van der Waals surface area contributed by atoms with Crippen LogP contribution in [0.15, 0.2) is 38.6 Å². The van der Waals surface area contributed by atoms with Gasteiger partial charge in [0.05, 0.1) is 28.6 Å². The maximum Gasteiger partial charge on any atom is 0.338 e. The lowest BCUT2D eigenvalue weighted by atomic mass is 10.2. The topological polar surface area (TPSA) is 83.7 Å². The highest BCUT2D eigenvalue weighted by molar-refractivity contribution is 9.10. The molecule has 0 atom stereocenters. The van der Waals surface area contributed by atoms with Crippen LogP contribution in [0.1, 0.15) is 23.2 Å². The average molecular weight is 439 g/mol. The van der Waals surface area contributed by atoms with Crippen molar-refractivity contribution in [2.24, 2.45) is 0 Å². The summed E-state index contributed by atoms with van der Waals surface area (Å²) in [4.78, 5) is 17.4. The van der Waals surface area contributed by atoms with Gasteiger partial charge in [-0.3, -0.25) is 0 Å². The smallest absolute Gasteiger partial charge is 0.338 e. The first kappa shape index (κ1) is 18.4. The Morgan fingerprint density at radius 3 is 2.92 bits per heavy atom. The van der Waals surface area contributed by atoms with Gasteiger partial charge in [-0.2, -0.15) is 4.98 Å². The molecule has 0 unspecified atom stereocenters. The lowest BCUT2D eigenvalue weighted by Crippen LogP contribution is -2.07. The molecule has 3 rings (SSSR count). The number of esters is 1. The standard InChI is InChI=1S/C17H15BrN2O5S/c1-3-23-15-11(18)7-10(8-12(15)22-2)17(21)24-9-14-19-16(20-25-14)13-5-4-6-26-13/h4-8H,3,9H2,1-2H3. The summed E-state index contributed by atoms with van der Waals surface area (Å²) >= 11 is 4.87. The van der Waals surface area contributed by atoms with Crippen molar-refractivity contribution in [2.45, 2.75) is 13.5 Å². The molecule has 0 saturated heterocycles. The molecular weight excluding hydrogens is 424 g/mol. The highest BCUT2D eigenvalue weighted by Crippen LogP contribution is 2.36. The molecule has 9 heteroatoms. The van der Waals surface area contributed by atoms with Crippen LogP contribution in [0, 0.1) is 0 Å². The third-order valence-corrected chi connectivity index (χ3v) is 4.75. The Morgan fingerprint density at radius 1 is 1.38 bits per heavy atom. The molecule has 0 amide bonds. The summed E-state index contributed by atoms with van der Waals surface area (Å²) in [7, 11) is 1.50. The van der Waals surface area contributed by atoms with Gasteiger partial charge in [0, 0.05) is 0 Å². The van der Waals surface area contributed by atoms with Crippen LogP contribution in [-0.2, 0) is 11.3 Å². The summed E-state index contributed by atoms with van der Waals surface area (Å²) in [5.74, 6) is 1.12. The number of halogens is 1. The van der Waals surface area contributed by atoms with E-state index in [1.807, 2.05) is 24.4 Å². The second-order valence-corrected chi connectivity index (χ2v) is 6.79. The largest absolute Gasteiger partial charge is 0.493 e. The van der Waals surface area contributed by atoms with Crippen LogP contribution in [-0.4, -0.2) is 29.8 Å². The third kappa shape index (κ3) is 4.05. The van der Waals surface area contributed by atoms with Crippen LogP contribution in [0.25, 0.3) is 10.7 Å². The summed E-state index contributed by atoms with van der Waals surface area (Å²) in [5, 5.41) is 5.79. The second kappa shape index (κ2) is 8.33. The summed E-state index contributed by atoms with van der Waals surface area (Å²) in [6.07, 6.45) is 0. The number of thiophene rings is 1. The van der Waals surface area contributed by atoms with E-state index in [0.29, 0.717) is 34.0 Å². The van der Waals surface area contributed by atoms with Crippen LogP contribution in [0.5, 0.6) is 11.5 Å². The van der Waals surface area contributed by atoms with Gasteiger partial charge in [0.25, 0.3) is 5.89 Å². The van der Waals surface area contributed by atoms with Gasteiger partial charge >= 0.3 is 5.97 Å². The van der Waals surface area contributed by atoms with E-state index in [4.69, 9.17) is 18.7 Å². The number of carbonyl (C=O) groups is 1. The number of rotatable bonds is 7. The SMILES string of the molecule is CCOc1c(Br)cc(C(=O)OCc2nc(-c3cccs3)no2)cc1OC. The molecule has 0 spiro atoms. The Bertz CT molecular complexity index is 895. The number of methoxy groups -OCH3 is 1. The van der Waals surface area contributed by atoms with Crippen molar-refractivity contribution in [1.82, 2.24) is 10.1 Å².